The molecule has 3 aromatic rings. The van der Waals surface area contributed by atoms with Gasteiger partial charge in [-0.15, -0.1) is 24.7 Å². The van der Waals surface area contributed by atoms with Gasteiger partial charge in [0.15, 0.2) is 0 Å². The van der Waals surface area contributed by atoms with Crippen LogP contribution < -0.4 is 18.9 Å². The van der Waals surface area contributed by atoms with Crippen molar-refractivity contribution in [2.24, 2.45) is 0 Å². The van der Waals surface area contributed by atoms with E-state index in [1.807, 2.05) is 0 Å². The molecule has 0 aliphatic carbocycles. The molecule has 6 nitrogen and oxygen atoms in total. The molecule has 0 radical (unpaired) electrons. The third-order valence-corrected chi connectivity index (χ3v) is 5.70. The highest BCUT2D eigenvalue weighted by Gasteiger charge is 2.33. The van der Waals surface area contributed by atoms with Gasteiger partial charge in [0.1, 0.15) is 22.6 Å². The van der Waals surface area contributed by atoms with Crippen molar-refractivity contribution >= 4 is 11.9 Å². The molecule has 0 bridgehead atoms. The normalized spacial score (nSPS) is 10.6. The third kappa shape index (κ3) is 7.28. The molecule has 0 amide bonds. The van der Waals surface area contributed by atoms with Crippen molar-refractivity contribution in [1.29, 1.82) is 0 Å². The van der Waals surface area contributed by atoms with Crippen LogP contribution in [0.1, 0.15) is 46.4 Å². The van der Waals surface area contributed by atoms with E-state index in [4.69, 9.17) is 22.3 Å². The summed E-state index contributed by atoms with van der Waals surface area (Å²) in [4.78, 5) is 26.0. The van der Waals surface area contributed by atoms with Gasteiger partial charge in [-0.2, -0.15) is 17.6 Å². The highest BCUT2D eigenvalue weighted by molar-refractivity contribution is 6.00. The maximum Gasteiger partial charge on any atom is 0.347 e. The van der Waals surface area contributed by atoms with Gasteiger partial charge in [0.25, 0.3) is 0 Å². The molecule has 242 valence electrons. The summed E-state index contributed by atoms with van der Waals surface area (Å²) in [7, 11) is 0. The molecular formula is C30H16F10O6. The minimum atomic E-state index is -2.55. The first-order valence-corrected chi connectivity index (χ1v) is 12.5. The van der Waals surface area contributed by atoms with Crippen LogP contribution in [0.3, 0.4) is 0 Å². The summed E-state index contributed by atoms with van der Waals surface area (Å²) < 4.78 is 158. The molecule has 0 aromatic heterocycles. The Morgan fingerprint density at radius 1 is 0.522 bits per heavy atom. The molecular weight excluding hydrogens is 646 g/mol. The number of benzene rings is 3. The molecule has 16 heteroatoms. The number of rotatable bonds is 12. The number of unbranched alkanes of at least 4 members (excludes halogenated alkanes) is 2. The molecule has 0 saturated carbocycles. The van der Waals surface area contributed by atoms with Gasteiger partial charge in [-0.3, -0.25) is 0 Å². The van der Waals surface area contributed by atoms with Gasteiger partial charge in [-0.25, -0.2) is 35.9 Å². The quantitative estimate of drug-likeness (QED) is 0.0392. The largest absolute Gasteiger partial charge is 0.493 e. The van der Waals surface area contributed by atoms with Crippen molar-refractivity contribution in [2.45, 2.75) is 25.7 Å². The number of carbonyl (C=O) groups excluding carboxylic acids is 2. The smallest absolute Gasteiger partial charge is 0.347 e. The van der Waals surface area contributed by atoms with Crippen LogP contribution in [0.5, 0.6) is 23.0 Å². The first-order valence-electron chi connectivity index (χ1n) is 12.5. The van der Waals surface area contributed by atoms with Crippen LogP contribution in [0.25, 0.3) is 0 Å². The van der Waals surface area contributed by atoms with Crippen LogP contribution in [0, 0.1) is 82.9 Å². The van der Waals surface area contributed by atoms with Crippen LogP contribution in [-0.4, -0.2) is 25.2 Å². The van der Waals surface area contributed by atoms with E-state index in [0.717, 1.165) is 0 Å². The molecule has 3 aromatic carbocycles. The Balaban J connectivity index is 2.16. The molecule has 0 fully saturated rings. The number of esters is 2. The minimum Gasteiger partial charge on any atom is -0.493 e. The van der Waals surface area contributed by atoms with E-state index in [0.29, 0.717) is 12.1 Å². The summed E-state index contributed by atoms with van der Waals surface area (Å²) in [6.07, 6.45) is 10.6. The lowest BCUT2D eigenvalue weighted by molar-refractivity contribution is 0.0694. The van der Waals surface area contributed by atoms with Gasteiger partial charge in [0.2, 0.25) is 69.7 Å². The van der Waals surface area contributed by atoms with Crippen LogP contribution in [0.15, 0.2) is 12.1 Å². The van der Waals surface area contributed by atoms with Gasteiger partial charge in [0, 0.05) is 12.8 Å². The lowest BCUT2D eigenvalue weighted by Crippen LogP contribution is -2.18. The van der Waals surface area contributed by atoms with Crippen LogP contribution >= 0.6 is 0 Å². The second-order valence-corrected chi connectivity index (χ2v) is 8.73. The van der Waals surface area contributed by atoms with E-state index in [-0.39, 0.29) is 38.9 Å². The first-order chi connectivity index (χ1) is 21.8. The molecule has 0 atom stereocenters. The summed E-state index contributed by atoms with van der Waals surface area (Å²) in [6.45, 7) is -0.691. The van der Waals surface area contributed by atoms with Crippen LogP contribution in [0.4, 0.5) is 43.9 Å². The Hall–Kier alpha value is -5.38. The summed E-state index contributed by atoms with van der Waals surface area (Å²) in [6, 6.07) is 1.19. The van der Waals surface area contributed by atoms with E-state index in [9.17, 15) is 53.5 Å². The fourth-order valence-corrected chi connectivity index (χ4v) is 3.47. The van der Waals surface area contributed by atoms with E-state index in [1.165, 1.54) is 0 Å². The number of hydrogen-bond donors (Lipinski definition) is 0. The van der Waals surface area contributed by atoms with Crippen molar-refractivity contribution in [3.63, 3.8) is 0 Å². The fourth-order valence-electron chi connectivity index (χ4n) is 3.47. The second-order valence-electron chi connectivity index (χ2n) is 8.73. The van der Waals surface area contributed by atoms with Crippen molar-refractivity contribution in [1.82, 2.24) is 0 Å². The standard InChI is InChI=1S/C30H16F10O6/c1-3-5-7-9-43-15-11-14(30(42)46-28-25(39)21(35)18(32)22(36)26(28)40)16(44-10-8-6-4-2)12-13(15)29(41)45-27-23(37)19(33)17(31)20(34)24(27)38/h1-2,11-12H,5-10H2. The van der Waals surface area contributed by atoms with Crippen LogP contribution in [0.2, 0.25) is 0 Å². The Morgan fingerprint density at radius 3 is 1.09 bits per heavy atom. The molecule has 0 unspecified atom stereocenters. The number of carbonyl (C=O) groups is 2. The lowest BCUT2D eigenvalue weighted by atomic mass is 10.1. The average molecular weight is 662 g/mol. The van der Waals surface area contributed by atoms with Gasteiger partial charge >= 0.3 is 11.9 Å². The molecule has 0 saturated heterocycles. The van der Waals surface area contributed by atoms with Gasteiger partial charge in [0.05, 0.1) is 13.2 Å². The second kappa shape index (κ2) is 15.1. The van der Waals surface area contributed by atoms with Gasteiger partial charge < -0.3 is 18.9 Å². The Bertz CT molecular complexity index is 1590. The zero-order chi connectivity index (χ0) is 34.3. The lowest BCUT2D eigenvalue weighted by Gasteiger charge is -2.17. The topological polar surface area (TPSA) is 71.1 Å². The SMILES string of the molecule is C#CCCCOc1cc(C(=O)Oc2c(F)c(F)c(F)c(F)c2F)c(OCCCC#C)cc1C(=O)Oc1c(F)c(F)c(F)c(F)c1F. The summed E-state index contributed by atoms with van der Waals surface area (Å²) in [5, 5.41) is 0. The first kappa shape index (κ1) is 35.1. The maximum atomic E-state index is 14.2. The Labute approximate surface area is 252 Å². The average Bonchev–Trinajstić information content (AvgIpc) is 3.05. The molecule has 0 aliphatic heterocycles. The highest BCUT2D eigenvalue weighted by Crippen LogP contribution is 2.36. The zero-order valence-electron chi connectivity index (χ0n) is 22.8. The number of ether oxygens (including phenoxy) is 4. The van der Waals surface area contributed by atoms with Crippen molar-refractivity contribution in [3.05, 3.63) is 81.4 Å². The Morgan fingerprint density at radius 2 is 0.804 bits per heavy atom. The number of hydrogen-bond acceptors (Lipinski definition) is 6. The predicted molar refractivity (Wildman–Crippen MR) is 136 cm³/mol. The minimum absolute atomic E-state index is 0.0807. The van der Waals surface area contributed by atoms with Crippen molar-refractivity contribution < 1.29 is 72.4 Å². The summed E-state index contributed by atoms with van der Waals surface area (Å²) >= 11 is 0. The molecule has 0 heterocycles. The predicted octanol–water partition coefficient (Wildman–Crippen LogP) is 7.10. The molecule has 0 aliphatic rings. The van der Waals surface area contributed by atoms with Crippen LogP contribution in [-0.2, 0) is 0 Å². The molecule has 0 N–H and O–H groups in total. The van der Waals surface area contributed by atoms with Gasteiger partial charge in [-0.1, -0.05) is 0 Å². The van der Waals surface area contributed by atoms with Gasteiger partial charge in [-0.05, 0) is 25.0 Å². The maximum absolute atomic E-state index is 14.2. The number of terminal acetylenes is 2. The zero-order valence-corrected chi connectivity index (χ0v) is 22.8. The van der Waals surface area contributed by atoms with E-state index in [1.54, 1.807) is 0 Å². The summed E-state index contributed by atoms with van der Waals surface area (Å²) in [5.74, 6) is -29.6. The van der Waals surface area contributed by atoms with E-state index < -0.39 is 104 Å². The third-order valence-electron chi connectivity index (χ3n) is 5.70. The highest BCUT2D eigenvalue weighted by atomic mass is 19.2. The van der Waals surface area contributed by atoms with E-state index in [2.05, 4.69) is 21.3 Å². The van der Waals surface area contributed by atoms with E-state index >= 15 is 0 Å². The fraction of sp³-hybridized carbons (Fsp3) is 0.200. The monoisotopic (exact) mass is 662 g/mol. The van der Waals surface area contributed by atoms with Crippen molar-refractivity contribution in [2.75, 3.05) is 13.2 Å². The van der Waals surface area contributed by atoms with Crippen molar-refractivity contribution in [3.8, 4) is 47.7 Å². The molecule has 0 spiro atoms. The molecule has 46 heavy (non-hydrogen) atoms. The number of halogens is 10. The Kier molecular flexibility index (Phi) is 11.5. The molecule has 3 rings (SSSR count). The summed E-state index contributed by atoms with van der Waals surface area (Å²) in [5.41, 5.74) is -1.74.